The maximum absolute atomic E-state index is 13.7. The molecule has 2 aliphatic heterocycles. The Morgan fingerprint density at radius 2 is 1.24 bits per heavy atom. The molecular formula is C62H78Cl4N8O11. The number of carboxylic acids is 1. The molecule has 0 spiro atoms. The summed E-state index contributed by atoms with van der Waals surface area (Å²) in [6.07, 6.45) is 4.33. The van der Waals surface area contributed by atoms with Crippen molar-refractivity contribution in [2.24, 2.45) is 0 Å². The molecule has 5 aromatic rings. The number of para-hydroxylation sites is 1. The molecule has 2 aliphatic rings. The maximum atomic E-state index is 13.7. The van der Waals surface area contributed by atoms with Crippen LogP contribution in [0.2, 0.25) is 0 Å². The average molecular weight is 1250 g/mol. The summed E-state index contributed by atoms with van der Waals surface area (Å²) in [5.74, 6) is 0.0427. The number of cyclic esters (lactones) is 1. The number of carboxylic acid groups (broad SMARTS) is 1. The van der Waals surface area contributed by atoms with E-state index in [1.807, 2.05) is 60.7 Å². The van der Waals surface area contributed by atoms with Crippen LogP contribution in [0.3, 0.4) is 0 Å². The minimum absolute atomic E-state index is 0.000350. The predicted molar refractivity (Wildman–Crippen MR) is 333 cm³/mol. The Labute approximate surface area is 517 Å². The van der Waals surface area contributed by atoms with Crippen LogP contribution in [0, 0.1) is 0 Å². The van der Waals surface area contributed by atoms with Crippen LogP contribution in [-0.4, -0.2) is 153 Å². The van der Waals surface area contributed by atoms with Gasteiger partial charge in [-0.25, -0.2) is 14.4 Å². The number of hydrogen-bond donors (Lipinski definition) is 6. The number of unbranched alkanes of at least 4 members (excludes halogenated alkanes) is 2. The van der Waals surface area contributed by atoms with E-state index in [0.717, 1.165) is 51.1 Å². The van der Waals surface area contributed by atoms with Crippen molar-refractivity contribution in [1.82, 2.24) is 31.2 Å². The second kappa shape index (κ2) is 33.8. The molecule has 19 nitrogen and oxygen atoms in total. The molecule has 0 bridgehead atoms. The number of benzene rings is 4. The Morgan fingerprint density at radius 1 is 0.694 bits per heavy atom. The quantitative estimate of drug-likeness (QED) is 0.0162. The van der Waals surface area contributed by atoms with Gasteiger partial charge in [-0.3, -0.25) is 19.3 Å². The predicted octanol–water partition coefficient (Wildman–Crippen LogP) is 9.86. The molecule has 460 valence electrons. The standard InChI is InChI=1S/C62H78Cl4N8O11/c1-82-52-37-43(57-56-48(39-46-40-84-62(81)74(46)57)47-13-3-4-14-49(47)70-56)38-53(83-2)58(52)85-61(80)71-51(60(78)79)16-6-8-32-68-59(77)50(69-55(76)18-10-12-42-21-25-45(26-22-42)73(35-29-65)36-30-66)15-5-7-31-67-54(75)17-9-11-41-19-23-44(24-20-41)72(33-27-63)34-28-64/h3-4,13-14,19-26,37-38,46,50-51,57,70H,5-12,15-18,27-36,39-40H2,1-2H3,(H,67,75)(H,68,77)(H,69,76)(H,71,80)(H,78,79)/t46-,50-,51-,57+/m0/s1. The van der Waals surface area contributed by atoms with E-state index in [1.54, 1.807) is 17.0 Å². The Bertz CT molecular complexity index is 2970. The lowest BCUT2D eigenvalue weighted by atomic mass is 9.89. The summed E-state index contributed by atoms with van der Waals surface area (Å²) < 4.78 is 22.6. The number of halogens is 4. The number of H-pyrrole nitrogens is 1. The molecule has 3 heterocycles. The van der Waals surface area contributed by atoms with Crippen molar-refractivity contribution in [3.8, 4) is 17.2 Å². The number of fused-ring (bicyclic) bond motifs is 4. The van der Waals surface area contributed by atoms with Gasteiger partial charge in [0.2, 0.25) is 23.5 Å². The van der Waals surface area contributed by atoms with E-state index in [4.69, 9.17) is 65.4 Å². The van der Waals surface area contributed by atoms with Gasteiger partial charge in [0, 0.05) is 104 Å². The second-order valence-corrected chi connectivity index (χ2v) is 22.5. The van der Waals surface area contributed by atoms with E-state index >= 15 is 0 Å². The van der Waals surface area contributed by atoms with Crippen LogP contribution in [0.15, 0.2) is 84.9 Å². The molecular weight excluding hydrogens is 1170 g/mol. The first-order valence-corrected chi connectivity index (χ1v) is 31.2. The van der Waals surface area contributed by atoms with Gasteiger partial charge in [-0.1, -0.05) is 42.5 Å². The van der Waals surface area contributed by atoms with Crippen LogP contribution in [0.5, 0.6) is 17.2 Å². The molecule has 4 aromatic carbocycles. The third-order valence-electron chi connectivity index (χ3n) is 15.3. The summed E-state index contributed by atoms with van der Waals surface area (Å²) in [5.41, 5.74) is 7.65. The zero-order chi connectivity index (χ0) is 60.7. The molecule has 0 aliphatic carbocycles. The number of ether oxygens (including phenoxy) is 4. The molecule has 0 unspecified atom stereocenters. The fourth-order valence-electron chi connectivity index (χ4n) is 10.9. The van der Waals surface area contributed by atoms with E-state index < -0.39 is 36.3 Å². The fourth-order valence-corrected chi connectivity index (χ4v) is 11.8. The van der Waals surface area contributed by atoms with Gasteiger partial charge >= 0.3 is 18.2 Å². The second-order valence-electron chi connectivity index (χ2n) is 21.0. The van der Waals surface area contributed by atoms with Gasteiger partial charge in [0.25, 0.3) is 0 Å². The molecule has 85 heavy (non-hydrogen) atoms. The average Bonchev–Trinajstić information content (AvgIpc) is 2.30. The minimum atomic E-state index is -1.36. The lowest BCUT2D eigenvalue weighted by molar-refractivity contribution is -0.139. The topological polar surface area (TPSA) is 233 Å². The number of hydrogen-bond acceptors (Lipinski definition) is 12. The zero-order valence-corrected chi connectivity index (χ0v) is 51.3. The molecule has 6 N–H and O–H groups in total. The summed E-state index contributed by atoms with van der Waals surface area (Å²) in [6.45, 7) is 3.55. The van der Waals surface area contributed by atoms with Crippen molar-refractivity contribution in [2.75, 3.05) is 93.4 Å². The van der Waals surface area contributed by atoms with Crippen molar-refractivity contribution in [3.63, 3.8) is 0 Å². The van der Waals surface area contributed by atoms with Gasteiger partial charge in [0.1, 0.15) is 24.7 Å². The van der Waals surface area contributed by atoms with Gasteiger partial charge in [-0.2, -0.15) is 0 Å². The molecule has 7 rings (SSSR count). The van der Waals surface area contributed by atoms with Crippen LogP contribution in [0.25, 0.3) is 10.9 Å². The van der Waals surface area contributed by atoms with Crippen molar-refractivity contribution in [2.45, 2.75) is 108 Å². The van der Waals surface area contributed by atoms with Crippen LogP contribution in [0.1, 0.15) is 98.2 Å². The number of aromatic nitrogens is 1. The van der Waals surface area contributed by atoms with Crippen LogP contribution >= 0.6 is 46.4 Å². The summed E-state index contributed by atoms with van der Waals surface area (Å²) in [6, 6.07) is 24.4. The largest absolute Gasteiger partial charge is 0.493 e. The summed E-state index contributed by atoms with van der Waals surface area (Å²) in [7, 11) is 2.78. The highest BCUT2D eigenvalue weighted by molar-refractivity contribution is 6.19. The van der Waals surface area contributed by atoms with Gasteiger partial charge < -0.3 is 60.1 Å². The third kappa shape index (κ3) is 18.6. The number of anilines is 2. The minimum Gasteiger partial charge on any atom is -0.493 e. The number of aromatic amines is 1. The molecule has 1 aromatic heterocycles. The van der Waals surface area contributed by atoms with Crippen LogP contribution in [0.4, 0.5) is 21.0 Å². The third-order valence-corrected chi connectivity index (χ3v) is 16.0. The number of carbonyl (C=O) groups is 6. The van der Waals surface area contributed by atoms with E-state index in [1.165, 1.54) is 14.2 Å². The molecule has 0 saturated carbocycles. The van der Waals surface area contributed by atoms with Crippen LogP contribution in [-0.2, 0) is 43.2 Å². The van der Waals surface area contributed by atoms with E-state index in [-0.39, 0.29) is 67.0 Å². The summed E-state index contributed by atoms with van der Waals surface area (Å²) in [5, 5.41) is 22.4. The Balaban J connectivity index is 0.894. The fraction of sp³-hybridized carbons (Fsp3) is 0.484. The smallest absolute Gasteiger partial charge is 0.413 e. The Hall–Kier alpha value is -6.80. The first-order valence-electron chi connectivity index (χ1n) is 29.1. The number of nitrogens with zero attached hydrogens (tertiary/aromatic N) is 3. The molecule has 1 saturated heterocycles. The zero-order valence-electron chi connectivity index (χ0n) is 48.2. The summed E-state index contributed by atoms with van der Waals surface area (Å²) >= 11 is 24.0. The van der Waals surface area contributed by atoms with Crippen molar-refractivity contribution < 1.29 is 52.8 Å². The lowest BCUT2D eigenvalue weighted by Crippen LogP contribution is -2.47. The van der Waals surface area contributed by atoms with E-state index in [0.29, 0.717) is 126 Å². The number of alkyl halides is 4. The number of methoxy groups -OCH3 is 2. The van der Waals surface area contributed by atoms with Gasteiger partial charge in [-0.05, 0) is 135 Å². The van der Waals surface area contributed by atoms with E-state index in [9.17, 15) is 33.9 Å². The maximum Gasteiger partial charge on any atom is 0.413 e. The van der Waals surface area contributed by atoms with Crippen molar-refractivity contribution >= 4 is 105 Å². The van der Waals surface area contributed by atoms with Crippen molar-refractivity contribution in [1.29, 1.82) is 0 Å². The molecule has 5 amide bonds. The summed E-state index contributed by atoms with van der Waals surface area (Å²) in [4.78, 5) is 88.4. The normalized spacial score (nSPS) is 15.0. The van der Waals surface area contributed by atoms with Crippen LogP contribution < -0.4 is 45.3 Å². The number of aliphatic carboxylic acids is 1. The van der Waals surface area contributed by atoms with E-state index in [2.05, 4.69) is 48.2 Å². The molecule has 1 fully saturated rings. The van der Waals surface area contributed by atoms with Gasteiger partial charge in [0.05, 0.1) is 20.3 Å². The van der Waals surface area contributed by atoms with Gasteiger partial charge in [0.15, 0.2) is 11.5 Å². The highest BCUT2D eigenvalue weighted by atomic mass is 35.5. The highest BCUT2D eigenvalue weighted by Crippen LogP contribution is 2.47. The molecule has 4 atom stereocenters. The number of amides is 5. The Kier molecular flexibility index (Phi) is 26.1. The number of carbonyl (C=O) groups excluding carboxylic acids is 5. The lowest BCUT2D eigenvalue weighted by Gasteiger charge is -2.36. The highest BCUT2D eigenvalue weighted by Gasteiger charge is 2.46. The first kappa shape index (κ1) is 65.7. The number of nitrogens with one attached hydrogen (secondary N) is 5. The number of rotatable bonds is 36. The molecule has 0 radical (unpaired) electrons. The SMILES string of the molecule is COc1cc([C@@H]2c3[nH]c4ccccc4c3C[C@H]3COC(=O)N32)cc(OC)c1OC(=O)N[C@@H](CCCCNC(=O)[C@H](CCCCNC(=O)CCCc1ccc(N(CCCl)CCCl)cc1)NC(=O)CCCc1ccc(N(CCCl)CCCl)cc1)C(=O)O. The first-order chi connectivity index (χ1) is 41.3. The van der Waals surface area contributed by atoms with Gasteiger partial charge in [-0.15, -0.1) is 46.4 Å². The number of aryl methyl sites for hydroxylation is 2. The van der Waals surface area contributed by atoms with Crippen molar-refractivity contribution in [3.05, 3.63) is 113 Å². The molecule has 23 heteroatoms. The monoisotopic (exact) mass is 1250 g/mol. The Morgan fingerprint density at radius 3 is 1.79 bits per heavy atom.